The number of hydrogen-bond acceptors (Lipinski definition) is 4. The Balaban J connectivity index is 1.68. The number of hydrogen-bond donors (Lipinski definition) is 1. The van der Waals surface area contributed by atoms with E-state index in [0.29, 0.717) is 44.3 Å². The van der Waals surface area contributed by atoms with Crippen molar-refractivity contribution >= 4 is 11.6 Å². The van der Waals surface area contributed by atoms with Gasteiger partial charge in [-0.3, -0.25) is 4.79 Å². The number of amides is 1. The first kappa shape index (κ1) is 19.0. The summed E-state index contributed by atoms with van der Waals surface area (Å²) in [4.78, 5) is 14.6. The molecular formula is C18H22F3NO4. The van der Waals surface area contributed by atoms with Gasteiger partial charge < -0.3 is 19.5 Å². The van der Waals surface area contributed by atoms with E-state index in [9.17, 15) is 23.1 Å². The molecule has 1 N–H and O–H groups in total. The molecule has 1 aromatic rings. The van der Waals surface area contributed by atoms with Crippen molar-refractivity contribution in [1.29, 1.82) is 0 Å². The second-order valence-corrected chi connectivity index (χ2v) is 7.19. The van der Waals surface area contributed by atoms with E-state index < -0.39 is 17.4 Å². The number of carbonyl (C=O) groups excluding carboxylic acids is 1. The predicted octanol–water partition coefficient (Wildman–Crippen LogP) is 3.26. The number of rotatable bonds is 4. The highest BCUT2D eigenvalue weighted by atomic mass is 19.4. The molecule has 26 heavy (non-hydrogen) atoms. The molecule has 1 spiro atoms. The fraction of sp³-hybridized carbons (Fsp3) is 0.611. The highest BCUT2D eigenvalue weighted by Gasteiger charge is 2.51. The zero-order valence-electron chi connectivity index (χ0n) is 14.5. The molecule has 0 unspecified atom stereocenters. The molecule has 2 fully saturated rings. The smallest absolute Gasteiger partial charge is 0.406 e. The molecule has 1 aromatic carbocycles. The summed E-state index contributed by atoms with van der Waals surface area (Å²) in [6, 6.07) is 5.34. The van der Waals surface area contributed by atoms with Crippen molar-refractivity contribution in [1.82, 2.24) is 0 Å². The summed E-state index contributed by atoms with van der Waals surface area (Å²) in [5, 5.41) is 10.5. The van der Waals surface area contributed by atoms with Crippen molar-refractivity contribution in [3.05, 3.63) is 24.3 Å². The average Bonchev–Trinajstić information content (AvgIpc) is 2.88. The van der Waals surface area contributed by atoms with Crippen LogP contribution in [0, 0.1) is 5.41 Å². The maximum Gasteiger partial charge on any atom is 0.573 e. The number of benzene rings is 1. The van der Waals surface area contributed by atoms with Gasteiger partial charge >= 0.3 is 6.36 Å². The molecule has 144 valence electrons. The molecular weight excluding hydrogens is 351 g/mol. The minimum Gasteiger partial charge on any atom is -0.406 e. The normalized spacial score (nSPS) is 29.4. The predicted molar refractivity (Wildman–Crippen MR) is 87.8 cm³/mol. The van der Waals surface area contributed by atoms with Gasteiger partial charge in [0.2, 0.25) is 5.91 Å². The quantitative estimate of drug-likeness (QED) is 0.880. The summed E-state index contributed by atoms with van der Waals surface area (Å²) < 4.78 is 45.7. The number of nitrogens with zero attached hydrogens (tertiary/aromatic N) is 1. The number of carbonyl (C=O) groups is 1. The minimum absolute atomic E-state index is 0.0264. The van der Waals surface area contributed by atoms with Gasteiger partial charge in [0.15, 0.2) is 0 Å². The molecule has 0 radical (unpaired) electrons. The summed E-state index contributed by atoms with van der Waals surface area (Å²) in [6.45, 7) is 0.767. The van der Waals surface area contributed by atoms with Crippen LogP contribution >= 0.6 is 0 Å². The molecule has 3 rings (SSSR count). The number of ether oxygens (including phenoxy) is 2. The molecule has 5 nitrogen and oxygen atoms in total. The highest BCUT2D eigenvalue weighted by molar-refractivity contribution is 6.00. The Hall–Kier alpha value is -1.80. The monoisotopic (exact) mass is 373 g/mol. The Bertz CT molecular complexity index is 651. The van der Waals surface area contributed by atoms with Gasteiger partial charge in [-0.15, -0.1) is 13.2 Å². The molecule has 1 amide bonds. The lowest BCUT2D eigenvalue weighted by atomic mass is 9.68. The number of alkyl halides is 3. The molecule has 8 heteroatoms. The Morgan fingerprint density at radius 3 is 2.27 bits per heavy atom. The van der Waals surface area contributed by atoms with Gasteiger partial charge in [-0.05, 0) is 56.4 Å². The molecule has 0 bridgehead atoms. The molecule has 1 saturated heterocycles. The Kier molecular flexibility index (Phi) is 4.92. The Labute approximate surface area is 149 Å². The lowest BCUT2D eigenvalue weighted by Crippen LogP contribution is -2.45. The van der Waals surface area contributed by atoms with Gasteiger partial charge in [-0.1, -0.05) is 0 Å². The van der Waals surface area contributed by atoms with Gasteiger partial charge in [0.05, 0.1) is 17.6 Å². The van der Waals surface area contributed by atoms with E-state index in [1.165, 1.54) is 31.4 Å². The van der Waals surface area contributed by atoms with E-state index in [1.54, 1.807) is 4.90 Å². The van der Waals surface area contributed by atoms with Crippen LogP contribution in [-0.2, 0) is 9.53 Å². The van der Waals surface area contributed by atoms with E-state index in [1.807, 2.05) is 0 Å². The molecule has 1 saturated carbocycles. The highest BCUT2D eigenvalue weighted by Crippen LogP contribution is 2.48. The van der Waals surface area contributed by atoms with Crippen molar-refractivity contribution in [2.75, 3.05) is 25.2 Å². The zero-order chi connectivity index (χ0) is 19.0. The van der Waals surface area contributed by atoms with Crippen molar-refractivity contribution in [3.63, 3.8) is 0 Å². The topological polar surface area (TPSA) is 59.0 Å². The Morgan fingerprint density at radius 1 is 1.12 bits per heavy atom. The molecule has 2 aliphatic rings. The number of halogens is 3. The summed E-state index contributed by atoms with van der Waals surface area (Å²) in [5.74, 6) is -0.341. The zero-order valence-corrected chi connectivity index (χ0v) is 14.5. The third-order valence-corrected chi connectivity index (χ3v) is 5.45. The number of aliphatic hydroxyl groups is 1. The molecule has 1 heterocycles. The van der Waals surface area contributed by atoms with E-state index >= 15 is 0 Å². The maximum atomic E-state index is 13.0. The summed E-state index contributed by atoms with van der Waals surface area (Å²) in [7, 11) is 1.54. The van der Waals surface area contributed by atoms with Crippen LogP contribution in [0.1, 0.15) is 32.1 Å². The summed E-state index contributed by atoms with van der Waals surface area (Å²) in [5.41, 5.74) is -0.829. The average molecular weight is 373 g/mol. The fourth-order valence-electron chi connectivity index (χ4n) is 3.97. The van der Waals surface area contributed by atoms with Crippen molar-refractivity contribution in [2.24, 2.45) is 5.41 Å². The van der Waals surface area contributed by atoms with Crippen LogP contribution in [-0.4, -0.2) is 43.2 Å². The second-order valence-electron chi connectivity index (χ2n) is 7.19. The first-order chi connectivity index (χ1) is 12.2. The Morgan fingerprint density at radius 2 is 1.73 bits per heavy atom. The van der Waals surface area contributed by atoms with Crippen LogP contribution in [0.4, 0.5) is 18.9 Å². The molecule has 0 aromatic heterocycles. The second kappa shape index (κ2) is 6.74. The largest absolute Gasteiger partial charge is 0.573 e. The number of methoxy groups -OCH3 is 1. The van der Waals surface area contributed by atoms with Crippen LogP contribution in [0.2, 0.25) is 0 Å². The first-order valence-corrected chi connectivity index (χ1v) is 8.56. The van der Waals surface area contributed by atoms with E-state index in [0.717, 1.165) is 0 Å². The summed E-state index contributed by atoms with van der Waals surface area (Å²) >= 11 is 0. The third-order valence-electron chi connectivity index (χ3n) is 5.45. The fourth-order valence-corrected chi connectivity index (χ4v) is 3.97. The van der Waals surface area contributed by atoms with Gasteiger partial charge in [0.25, 0.3) is 0 Å². The van der Waals surface area contributed by atoms with Crippen molar-refractivity contribution in [2.45, 2.75) is 44.1 Å². The lowest BCUT2D eigenvalue weighted by molar-refractivity contribution is -0.274. The maximum absolute atomic E-state index is 13.0. The lowest BCUT2D eigenvalue weighted by Gasteiger charge is -2.40. The summed E-state index contributed by atoms with van der Waals surface area (Å²) in [6.07, 6.45) is -1.90. The van der Waals surface area contributed by atoms with Crippen LogP contribution < -0.4 is 9.64 Å². The SMILES string of the molecule is COC[C@]1(O)CC[C@@]2(CCN(c3ccc(OC(F)(F)F)cc3)C2=O)CC1. The van der Waals surface area contributed by atoms with Crippen molar-refractivity contribution in [3.8, 4) is 5.75 Å². The van der Waals surface area contributed by atoms with E-state index in [4.69, 9.17) is 4.74 Å². The van der Waals surface area contributed by atoms with E-state index in [-0.39, 0.29) is 18.3 Å². The molecule has 1 aliphatic carbocycles. The molecule has 0 atom stereocenters. The van der Waals surface area contributed by atoms with Gasteiger partial charge in [-0.25, -0.2) is 0 Å². The standard InChI is InChI=1S/C18H22F3NO4/c1-25-12-17(24)8-6-16(7-9-17)10-11-22(15(16)23)13-2-4-14(5-3-13)26-18(19,20)21/h2-5,24H,6-12H2,1H3/t16-,17-. The molecule has 1 aliphatic heterocycles. The third kappa shape index (κ3) is 3.81. The van der Waals surface area contributed by atoms with Gasteiger partial charge in [-0.2, -0.15) is 0 Å². The van der Waals surface area contributed by atoms with Gasteiger partial charge in [0, 0.05) is 19.3 Å². The van der Waals surface area contributed by atoms with Gasteiger partial charge in [0.1, 0.15) is 5.75 Å². The minimum atomic E-state index is -4.74. The van der Waals surface area contributed by atoms with Crippen LogP contribution in [0.15, 0.2) is 24.3 Å². The van der Waals surface area contributed by atoms with Crippen LogP contribution in [0.3, 0.4) is 0 Å². The van der Waals surface area contributed by atoms with Crippen LogP contribution in [0.5, 0.6) is 5.75 Å². The van der Waals surface area contributed by atoms with Crippen LogP contribution in [0.25, 0.3) is 0 Å². The first-order valence-electron chi connectivity index (χ1n) is 8.56. The van der Waals surface area contributed by atoms with E-state index in [2.05, 4.69) is 4.74 Å². The number of anilines is 1. The van der Waals surface area contributed by atoms with Crippen molar-refractivity contribution < 1.29 is 32.5 Å².